The summed E-state index contributed by atoms with van der Waals surface area (Å²) in [6.07, 6.45) is 8.08. The Bertz CT molecular complexity index is 724. The minimum absolute atomic E-state index is 0.159. The van der Waals surface area contributed by atoms with Gasteiger partial charge < -0.3 is 15.4 Å². The molecule has 0 radical (unpaired) electrons. The smallest absolute Gasteiger partial charge is 0.228 e. The summed E-state index contributed by atoms with van der Waals surface area (Å²) in [6, 6.07) is 4.47. The summed E-state index contributed by atoms with van der Waals surface area (Å²) in [7, 11) is 0. The molecule has 0 saturated carbocycles. The molecule has 138 valence electrons. The van der Waals surface area contributed by atoms with Gasteiger partial charge in [-0.2, -0.15) is 0 Å². The van der Waals surface area contributed by atoms with Gasteiger partial charge in [0, 0.05) is 36.6 Å². The van der Waals surface area contributed by atoms with Crippen molar-refractivity contribution in [2.75, 3.05) is 13.2 Å². The van der Waals surface area contributed by atoms with E-state index < -0.39 is 0 Å². The highest BCUT2D eigenvalue weighted by atomic mass is 32.1. The first-order valence-electron chi connectivity index (χ1n) is 9.20. The van der Waals surface area contributed by atoms with Crippen LogP contribution >= 0.6 is 11.3 Å². The lowest BCUT2D eigenvalue weighted by Crippen LogP contribution is -2.50. The molecule has 1 amide bonds. The molecule has 0 aromatic carbocycles. The molecular formula is C19H24N4O2S. The second-order valence-electron chi connectivity index (χ2n) is 7.16. The Hall–Kier alpha value is -1.99. The molecular weight excluding hydrogens is 348 g/mol. The number of ether oxygens (including phenoxy) is 1. The van der Waals surface area contributed by atoms with Gasteiger partial charge in [0.25, 0.3) is 0 Å². The fraction of sp³-hybridized carbons (Fsp3) is 0.526. The highest BCUT2D eigenvalue weighted by Crippen LogP contribution is 2.45. The van der Waals surface area contributed by atoms with Gasteiger partial charge in [-0.15, -0.1) is 11.3 Å². The Morgan fingerprint density at radius 3 is 3.12 bits per heavy atom. The van der Waals surface area contributed by atoms with Crippen molar-refractivity contribution in [2.45, 2.75) is 44.2 Å². The molecule has 2 aromatic heterocycles. The topological polar surface area (TPSA) is 76.1 Å². The number of carbonyl (C=O) groups excluding carboxylic acids is 1. The van der Waals surface area contributed by atoms with Crippen LogP contribution in [-0.2, 0) is 11.2 Å². The molecule has 26 heavy (non-hydrogen) atoms. The van der Waals surface area contributed by atoms with Crippen molar-refractivity contribution in [2.24, 2.45) is 5.41 Å². The van der Waals surface area contributed by atoms with Crippen molar-refractivity contribution < 1.29 is 9.53 Å². The summed E-state index contributed by atoms with van der Waals surface area (Å²) in [5, 5.41) is 8.83. The molecule has 2 aromatic rings. The first-order chi connectivity index (χ1) is 12.8. The van der Waals surface area contributed by atoms with Crippen molar-refractivity contribution in [3.05, 3.63) is 41.1 Å². The molecule has 7 heteroatoms. The van der Waals surface area contributed by atoms with Crippen LogP contribution in [0, 0.1) is 5.41 Å². The van der Waals surface area contributed by atoms with Crippen molar-refractivity contribution in [3.8, 4) is 5.75 Å². The molecule has 2 aliphatic rings. The van der Waals surface area contributed by atoms with E-state index in [-0.39, 0.29) is 17.4 Å². The van der Waals surface area contributed by atoms with E-state index in [1.54, 1.807) is 23.7 Å². The molecule has 0 spiro atoms. The number of rotatable bonds is 8. The number of nitrogens with zero attached hydrogens (tertiary/aromatic N) is 2. The van der Waals surface area contributed by atoms with E-state index in [4.69, 9.17) is 4.74 Å². The fourth-order valence-electron chi connectivity index (χ4n) is 4.25. The monoisotopic (exact) mass is 372 g/mol. The van der Waals surface area contributed by atoms with Crippen molar-refractivity contribution in [3.63, 3.8) is 0 Å². The largest absolute Gasteiger partial charge is 0.492 e. The maximum absolute atomic E-state index is 13.1. The highest BCUT2D eigenvalue weighted by Gasteiger charge is 2.55. The van der Waals surface area contributed by atoms with Gasteiger partial charge in [0.1, 0.15) is 5.75 Å². The van der Waals surface area contributed by atoms with Crippen molar-refractivity contribution in [1.82, 2.24) is 20.6 Å². The zero-order valence-corrected chi connectivity index (χ0v) is 15.5. The maximum atomic E-state index is 13.1. The summed E-state index contributed by atoms with van der Waals surface area (Å²) in [5.74, 6) is 0.919. The summed E-state index contributed by atoms with van der Waals surface area (Å²) in [6.45, 7) is 1.19. The minimum Gasteiger partial charge on any atom is -0.492 e. The Morgan fingerprint density at radius 2 is 2.42 bits per heavy atom. The Morgan fingerprint density at radius 1 is 1.46 bits per heavy atom. The molecule has 0 unspecified atom stereocenters. The first-order valence-corrected chi connectivity index (χ1v) is 10.1. The number of fused-ring (bicyclic) bond motifs is 2. The number of aromatic nitrogens is 2. The van der Waals surface area contributed by atoms with E-state index in [0.29, 0.717) is 19.2 Å². The number of hydrogen-bond donors (Lipinski definition) is 2. The second-order valence-corrected chi connectivity index (χ2v) is 7.88. The molecule has 4 heterocycles. The van der Waals surface area contributed by atoms with E-state index in [2.05, 4.69) is 26.0 Å². The lowest BCUT2D eigenvalue weighted by Gasteiger charge is -2.34. The van der Waals surface area contributed by atoms with Crippen molar-refractivity contribution in [1.29, 1.82) is 0 Å². The van der Waals surface area contributed by atoms with Gasteiger partial charge in [-0.25, -0.2) is 4.98 Å². The van der Waals surface area contributed by atoms with Crippen LogP contribution in [0.1, 0.15) is 31.4 Å². The van der Waals surface area contributed by atoms with Gasteiger partial charge in [0.05, 0.1) is 29.4 Å². The van der Waals surface area contributed by atoms with Gasteiger partial charge >= 0.3 is 0 Å². The lowest BCUT2D eigenvalue weighted by molar-refractivity contribution is -0.132. The summed E-state index contributed by atoms with van der Waals surface area (Å²) in [4.78, 5) is 21.5. The quantitative estimate of drug-likeness (QED) is 0.695. The zero-order valence-electron chi connectivity index (χ0n) is 14.7. The van der Waals surface area contributed by atoms with Crippen LogP contribution in [-0.4, -0.2) is 41.1 Å². The predicted octanol–water partition coefficient (Wildman–Crippen LogP) is 2.18. The second kappa shape index (κ2) is 7.72. The van der Waals surface area contributed by atoms with Crippen LogP contribution in [0.25, 0.3) is 0 Å². The third-order valence-corrected chi connectivity index (χ3v) is 6.10. The zero-order chi connectivity index (χ0) is 17.8. The lowest BCUT2D eigenvalue weighted by atomic mass is 9.70. The number of carbonyl (C=O) groups is 1. The predicted molar refractivity (Wildman–Crippen MR) is 100 cm³/mol. The Balaban J connectivity index is 1.31. The van der Waals surface area contributed by atoms with Gasteiger partial charge in [0.2, 0.25) is 5.91 Å². The van der Waals surface area contributed by atoms with E-state index in [9.17, 15) is 4.79 Å². The molecule has 2 saturated heterocycles. The summed E-state index contributed by atoms with van der Waals surface area (Å²) < 4.78 is 5.64. The Labute approximate surface area is 157 Å². The molecule has 0 aliphatic carbocycles. The van der Waals surface area contributed by atoms with Crippen LogP contribution in [0.2, 0.25) is 0 Å². The summed E-state index contributed by atoms with van der Waals surface area (Å²) in [5.41, 5.74) is 2.51. The SMILES string of the molecule is O=C(NCCCOc1cccnc1)[C@]1(Cc2cscn2)C[C@@H]2CC[C@H]1N2. The van der Waals surface area contributed by atoms with Crippen molar-refractivity contribution >= 4 is 17.2 Å². The van der Waals surface area contributed by atoms with E-state index in [1.807, 2.05) is 17.6 Å². The van der Waals surface area contributed by atoms with Crippen LogP contribution in [0.5, 0.6) is 5.75 Å². The van der Waals surface area contributed by atoms with E-state index in [1.165, 1.54) is 6.42 Å². The van der Waals surface area contributed by atoms with Gasteiger partial charge in [-0.05, 0) is 37.8 Å². The van der Waals surface area contributed by atoms with Crippen LogP contribution in [0.4, 0.5) is 0 Å². The van der Waals surface area contributed by atoms with Gasteiger partial charge in [-0.3, -0.25) is 9.78 Å². The number of hydrogen-bond acceptors (Lipinski definition) is 6. The third-order valence-electron chi connectivity index (χ3n) is 5.46. The number of nitrogens with one attached hydrogen (secondary N) is 2. The Kier molecular flexibility index (Phi) is 5.17. The molecule has 2 fully saturated rings. The number of pyridine rings is 1. The number of thiazole rings is 1. The molecule has 3 atom stereocenters. The van der Waals surface area contributed by atoms with E-state index in [0.717, 1.165) is 37.1 Å². The first kappa shape index (κ1) is 17.4. The molecule has 2 bridgehead atoms. The molecule has 2 aliphatic heterocycles. The van der Waals surface area contributed by atoms with Gasteiger partial charge in [-0.1, -0.05) is 0 Å². The third kappa shape index (κ3) is 3.59. The minimum atomic E-state index is -0.360. The molecule has 4 rings (SSSR count). The standard InChI is InChI=1S/C19H24N4O2S/c24-18(21-7-2-8-25-16-3-1-6-20-11-16)19(10-15-12-26-13-22-15)9-14-4-5-17(19)23-14/h1,3,6,11-14,17,23H,2,4-5,7-10H2,(H,21,24)/t14-,17+,19-/m0/s1. The van der Waals surface area contributed by atoms with Crippen LogP contribution in [0.3, 0.4) is 0 Å². The van der Waals surface area contributed by atoms with Gasteiger partial charge in [0.15, 0.2) is 0 Å². The molecule has 2 N–H and O–H groups in total. The fourth-order valence-corrected chi connectivity index (χ4v) is 4.80. The van der Waals surface area contributed by atoms with Crippen LogP contribution in [0.15, 0.2) is 35.4 Å². The molecule has 6 nitrogen and oxygen atoms in total. The number of amides is 1. The summed E-state index contributed by atoms with van der Waals surface area (Å²) >= 11 is 1.59. The maximum Gasteiger partial charge on any atom is 0.228 e. The highest BCUT2D eigenvalue weighted by molar-refractivity contribution is 7.07. The van der Waals surface area contributed by atoms with E-state index >= 15 is 0 Å². The average Bonchev–Trinajstić information content (AvgIpc) is 3.40. The van der Waals surface area contributed by atoms with Crippen LogP contribution < -0.4 is 15.4 Å². The average molecular weight is 372 g/mol. The normalized spacial score (nSPS) is 26.8.